The van der Waals surface area contributed by atoms with Gasteiger partial charge < -0.3 is 10.6 Å². The highest BCUT2D eigenvalue weighted by Crippen LogP contribution is 2.59. The minimum Gasteiger partial charge on any atom is -0.336 e. The van der Waals surface area contributed by atoms with Crippen LogP contribution in [0.25, 0.3) is 0 Å². The smallest absolute Gasteiger partial charge is 0.276 e. The van der Waals surface area contributed by atoms with Gasteiger partial charge in [-0.05, 0) is 68.9 Å². The van der Waals surface area contributed by atoms with E-state index in [0.717, 1.165) is 43.4 Å². The van der Waals surface area contributed by atoms with E-state index in [2.05, 4.69) is 20.6 Å². The van der Waals surface area contributed by atoms with Gasteiger partial charge >= 0.3 is 0 Å². The van der Waals surface area contributed by atoms with Crippen molar-refractivity contribution in [3.8, 4) is 0 Å². The van der Waals surface area contributed by atoms with Gasteiger partial charge in [0.25, 0.3) is 11.5 Å². The first-order valence-electron chi connectivity index (χ1n) is 11.1. The molecule has 7 heteroatoms. The lowest BCUT2D eigenvalue weighted by Gasteiger charge is -2.39. The average Bonchev–Trinajstić information content (AvgIpc) is 3.46. The summed E-state index contributed by atoms with van der Waals surface area (Å²) in [6.07, 6.45) is 8.65. The van der Waals surface area contributed by atoms with Crippen molar-refractivity contribution in [3.63, 3.8) is 0 Å². The van der Waals surface area contributed by atoms with Crippen LogP contribution in [-0.4, -0.2) is 20.4 Å². The number of nitrogens with one attached hydrogen (secondary N) is 2. The summed E-state index contributed by atoms with van der Waals surface area (Å²) in [5.74, 6) is 0.457. The van der Waals surface area contributed by atoms with Gasteiger partial charge in [0.1, 0.15) is 29.2 Å². The van der Waals surface area contributed by atoms with Crippen molar-refractivity contribution in [1.29, 1.82) is 0 Å². The number of hydrogen-bond acceptors (Lipinski definition) is 5. The van der Waals surface area contributed by atoms with Gasteiger partial charge in [-0.1, -0.05) is 20.8 Å². The van der Waals surface area contributed by atoms with E-state index >= 15 is 0 Å². The molecule has 0 radical (unpaired) electrons. The number of anilines is 2. The third-order valence-electron chi connectivity index (χ3n) is 6.82. The molecule has 2 spiro atoms. The van der Waals surface area contributed by atoms with E-state index in [0.29, 0.717) is 22.6 Å². The number of hydrogen-bond donors (Lipinski definition) is 2. The van der Waals surface area contributed by atoms with Gasteiger partial charge in [0.2, 0.25) is 0 Å². The zero-order valence-corrected chi connectivity index (χ0v) is 18.3. The first-order chi connectivity index (χ1) is 14.5. The predicted octanol–water partition coefficient (Wildman–Crippen LogP) is 4.03. The Morgan fingerprint density at radius 2 is 1.73 bits per heavy atom. The molecule has 2 fully saturated rings. The Labute approximate surface area is 177 Å². The Kier molecular flexibility index (Phi) is 5.16. The fourth-order valence-corrected chi connectivity index (χ4v) is 4.87. The maximum Gasteiger partial charge on any atom is 0.276 e. The van der Waals surface area contributed by atoms with Crippen LogP contribution in [0.1, 0.15) is 81.0 Å². The summed E-state index contributed by atoms with van der Waals surface area (Å²) in [5, 5.41) is 6.32. The monoisotopic (exact) mass is 409 g/mol. The van der Waals surface area contributed by atoms with Crippen LogP contribution in [-0.2, 0) is 12.1 Å². The first kappa shape index (κ1) is 20.6. The van der Waals surface area contributed by atoms with E-state index in [9.17, 15) is 9.59 Å². The molecule has 3 heterocycles. The van der Waals surface area contributed by atoms with Crippen LogP contribution in [0, 0.1) is 12.3 Å². The fourth-order valence-electron chi connectivity index (χ4n) is 4.87. The molecule has 5 rings (SSSR count). The molecule has 0 unspecified atom stereocenters. The Morgan fingerprint density at radius 1 is 1.07 bits per heavy atom. The lowest BCUT2D eigenvalue weighted by molar-refractivity contribution is 0.0822. The number of carbonyl (C=O) groups is 1. The van der Waals surface area contributed by atoms with Crippen LogP contribution in [0.4, 0.5) is 11.5 Å². The molecule has 2 aromatic rings. The van der Waals surface area contributed by atoms with Crippen LogP contribution in [0.3, 0.4) is 0 Å². The minimum atomic E-state index is -0.583. The Bertz CT molecular complexity index is 1030. The van der Waals surface area contributed by atoms with Crippen molar-refractivity contribution in [2.75, 3.05) is 5.32 Å². The second-order valence-corrected chi connectivity index (χ2v) is 8.59. The zero-order valence-electron chi connectivity index (χ0n) is 18.3. The van der Waals surface area contributed by atoms with Gasteiger partial charge in [0.05, 0.1) is 0 Å². The first-order valence-corrected chi connectivity index (χ1v) is 11.1. The molecule has 0 aromatic carbocycles. The number of nitrogens with zero attached hydrogens (tertiary/aromatic N) is 3. The lowest BCUT2D eigenvalue weighted by Crippen LogP contribution is -2.50. The van der Waals surface area contributed by atoms with Crippen molar-refractivity contribution in [1.82, 2.24) is 19.9 Å². The molecular weight excluding hydrogens is 378 g/mol. The quantitative estimate of drug-likeness (QED) is 0.799. The number of pyridine rings is 1. The Hall–Kier alpha value is -2.70. The molecule has 1 aliphatic heterocycles. The van der Waals surface area contributed by atoms with Gasteiger partial charge in [0, 0.05) is 11.8 Å². The molecule has 2 aromatic heterocycles. The fraction of sp³-hybridized carbons (Fsp3) is 0.565. The van der Waals surface area contributed by atoms with Crippen molar-refractivity contribution in [2.24, 2.45) is 5.41 Å². The summed E-state index contributed by atoms with van der Waals surface area (Å²) < 4.78 is 1.73. The van der Waals surface area contributed by atoms with Gasteiger partial charge in [-0.3, -0.25) is 14.2 Å². The van der Waals surface area contributed by atoms with Gasteiger partial charge in [-0.25, -0.2) is 9.97 Å². The highest BCUT2D eigenvalue weighted by atomic mass is 16.2. The van der Waals surface area contributed by atoms with Crippen LogP contribution in [0.15, 0.2) is 23.3 Å². The van der Waals surface area contributed by atoms with E-state index in [1.165, 1.54) is 19.2 Å². The lowest BCUT2D eigenvalue weighted by atomic mass is 9.79. The van der Waals surface area contributed by atoms with Gasteiger partial charge in [-0.15, -0.1) is 0 Å². The standard InChI is InChI=1S/C21H25N5O2.C2H6/c1-3-14-11-16(23-12-22-14)24-15-10-13(2)17-18(27)25-21(26(17)19(15)28)8-6-20(4-5-20)7-9-21;1-2/h10-12H,3-9H2,1-2H3,(H,25,27)(H,22,23,24);1-2H3. The number of aryl methyl sites for hydroxylation is 2. The molecule has 2 saturated carbocycles. The van der Waals surface area contributed by atoms with Crippen molar-refractivity contribution in [3.05, 3.63) is 45.8 Å². The third kappa shape index (κ3) is 3.30. The zero-order chi connectivity index (χ0) is 21.5. The SMILES string of the molecule is CC.CCc1cc(Nc2cc(C)c3n(c2=O)C2(CCC4(CC4)CC2)NC3=O)ncn1. The Balaban J connectivity index is 0.00000106. The minimum absolute atomic E-state index is 0.136. The van der Waals surface area contributed by atoms with Crippen molar-refractivity contribution < 1.29 is 4.79 Å². The number of carbonyl (C=O) groups excluding carboxylic acids is 1. The molecule has 0 saturated heterocycles. The summed E-state index contributed by atoms with van der Waals surface area (Å²) >= 11 is 0. The molecule has 2 aliphatic carbocycles. The highest BCUT2D eigenvalue weighted by Gasteiger charge is 2.53. The predicted molar refractivity (Wildman–Crippen MR) is 117 cm³/mol. The molecule has 0 bridgehead atoms. The third-order valence-corrected chi connectivity index (χ3v) is 6.82. The van der Waals surface area contributed by atoms with E-state index < -0.39 is 5.66 Å². The molecule has 1 amide bonds. The molecule has 7 nitrogen and oxygen atoms in total. The van der Waals surface area contributed by atoms with E-state index in [-0.39, 0.29) is 11.5 Å². The molecule has 30 heavy (non-hydrogen) atoms. The number of aromatic nitrogens is 3. The van der Waals surface area contributed by atoms with E-state index in [1.807, 2.05) is 33.8 Å². The summed E-state index contributed by atoms with van der Waals surface area (Å²) in [7, 11) is 0. The molecule has 2 N–H and O–H groups in total. The topological polar surface area (TPSA) is 88.9 Å². The summed E-state index contributed by atoms with van der Waals surface area (Å²) in [6.45, 7) is 7.91. The van der Waals surface area contributed by atoms with Crippen LogP contribution in [0.2, 0.25) is 0 Å². The summed E-state index contributed by atoms with van der Waals surface area (Å²) in [5.41, 5.74) is 2.38. The maximum absolute atomic E-state index is 13.4. The molecular formula is C23H31N5O2. The van der Waals surface area contributed by atoms with E-state index in [4.69, 9.17) is 0 Å². The normalized spacial score (nSPS) is 19.7. The summed E-state index contributed by atoms with van der Waals surface area (Å²) in [4.78, 5) is 34.6. The summed E-state index contributed by atoms with van der Waals surface area (Å²) in [6, 6.07) is 3.61. The van der Waals surface area contributed by atoms with Gasteiger partial charge in [-0.2, -0.15) is 0 Å². The van der Waals surface area contributed by atoms with Crippen molar-refractivity contribution in [2.45, 2.75) is 78.3 Å². The second kappa shape index (κ2) is 7.52. The van der Waals surface area contributed by atoms with Gasteiger partial charge in [0.15, 0.2) is 0 Å². The molecule has 3 aliphatic rings. The number of amides is 1. The van der Waals surface area contributed by atoms with Crippen LogP contribution >= 0.6 is 0 Å². The average molecular weight is 410 g/mol. The highest BCUT2D eigenvalue weighted by molar-refractivity contribution is 5.97. The largest absolute Gasteiger partial charge is 0.336 e. The van der Waals surface area contributed by atoms with Crippen LogP contribution in [0.5, 0.6) is 0 Å². The number of rotatable bonds is 3. The molecule has 160 valence electrons. The number of fused-ring (bicyclic) bond motifs is 2. The Morgan fingerprint density at radius 3 is 2.37 bits per heavy atom. The van der Waals surface area contributed by atoms with Crippen LogP contribution < -0.4 is 16.2 Å². The molecule has 0 atom stereocenters. The second-order valence-electron chi connectivity index (χ2n) is 8.59. The van der Waals surface area contributed by atoms with E-state index in [1.54, 1.807) is 10.6 Å². The maximum atomic E-state index is 13.4. The van der Waals surface area contributed by atoms with Crippen molar-refractivity contribution >= 4 is 17.4 Å².